The van der Waals surface area contributed by atoms with Gasteiger partial charge in [0.1, 0.15) is 0 Å². The van der Waals surface area contributed by atoms with Crippen LogP contribution in [0, 0.1) is 5.92 Å². The number of nitrogens with zero attached hydrogens (tertiary/aromatic N) is 2. The molecule has 0 radical (unpaired) electrons. The molecule has 28 heavy (non-hydrogen) atoms. The van der Waals surface area contributed by atoms with Crippen molar-refractivity contribution in [2.45, 2.75) is 35.2 Å². The summed E-state index contributed by atoms with van der Waals surface area (Å²) in [6.45, 7) is 2.06. The van der Waals surface area contributed by atoms with Gasteiger partial charge in [0.2, 0.25) is 10.0 Å². The Hall–Kier alpha value is -1.73. The van der Waals surface area contributed by atoms with E-state index >= 15 is 0 Å². The van der Waals surface area contributed by atoms with Crippen LogP contribution >= 0.6 is 0 Å². The molecule has 0 aromatic heterocycles. The average Bonchev–Trinajstić information content (AvgIpc) is 3.49. The van der Waals surface area contributed by atoms with Gasteiger partial charge in [-0.15, -0.1) is 0 Å². The number of benzene rings is 2. The molecule has 6 heteroatoms. The monoisotopic (exact) mass is 398 g/mol. The van der Waals surface area contributed by atoms with Crippen molar-refractivity contribution in [2.24, 2.45) is 5.92 Å². The Labute approximate surface area is 166 Å². The smallest absolute Gasteiger partial charge is 0.243 e. The van der Waals surface area contributed by atoms with E-state index in [4.69, 9.17) is 0 Å². The summed E-state index contributed by atoms with van der Waals surface area (Å²) in [5, 5.41) is 10.1. The van der Waals surface area contributed by atoms with Crippen molar-refractivity contribution >= 4 is 10.0 Å². The second-order valence-electron chi connectivity index (χ2n) is 8.42. The maximum Gasteiger partial charge on any atom is 0.243 e. The summed E-state index contributed by atoms with van der Waals surface area (Å²) in [4.78, 5) is 2.76. The largest absolute Gasteiger partial charge is 0.395 e. The Bertz CT molecular complexity index is 938. The highest BCUT2D eigenvalue weighted by Crippen LogP contribution is 2.55. The van der Waals surface area contributed by atoms with Gasteiger partial charge in [-0.1, -0.05) is 48.5 Å². The van der Waals surface area contributed by atoms with Crippen molar-refractivity contribution in [3.05, 3.63) is 66.2 Å². The molecule has 2 atom stereocenters. The van der Waals surface area contributed by atoms with Gasteiger partial charge in [0, 0.05) is 31.6 Å². The van der Waals surface area contributed by atoms with Crippen molar-refractivity contribution in [1.29, 1.82) is 0 Å². The molecule has 1 saturated carbocycles. The van der Waals surface area contributed by atoms with E-state index in [1.54, 1.807) is 28.6 Å². The Kier molecular flexibility index (Phi) is 4.36. The molecule has 2 heterocycles. The second kappa shape index (κ2) is 6.66. The number of likely N-dealkylation sites (tertiary alicyclic amines) is 1. The van der Waals surface area contributed by atoms with Crippen LogP contribution in [0.1, 0.15) is 24.3 Å². The van der Waals surface area contributed by atoms with Crippen LogP contribution in [0.3, 0.4) is 0 Å². The Morgan fingerprint density at radius 2 is 1.57 bits per heavy atom. The van der Waals surface area contributed by atoms with E-state index in [9.17, 15) is 13.5 Å². The van der Waals surface area contributed by atoms with Crippen molar-refractivity contribution in [2.75, 3.05) is 26.2 Å². The number of hydrogen-bond acceptors (Lipinski definition) is 4. The minimum Gasteiger partial charge on any atom is -0.395 e. The zero-order valence-electron chi connectivity index (χ0n) is 15.8. The summed E-state index contributed by atoms with van der Waals surface area (Å²) in [6.07, 6.45) is 2.49. The molecular formula is C22H26N2O3S. The molecule has 3 fully saturated rings. The van der Waals surface area contributed by atoms with Gasteiger partial charge in [-0.25, -0.2) is 8.42 Å². The van der Waals surface area contributed by atoms with Crippen LogP contribution in [0.4, 0.5) is 0 Å². The molecule has 1 spiro atoms. The van der Waals surface area contributed by atoms with E-state index < -0.39 is 10.0 Å². The maximum atomic E-state index is 13.0. The van der Waals surface area contributed by atoms with Crippen LogP contribution < -0.4 is 0 Å². The average molecular weight is 399 g/mol. The van der Waals surface area contributed by atoms with Crippen molar-refractivity contribution in [3.63, 3.8) is 0 Å². The molecule has 1 aliphatic carbocycles. The minimum atomic E-state index is -3.47. The molecule has 5 nitrogen and oxygen atoms in total. The van der Waals surface area contributed by atoms with E-state index in [0.29, 0.717) is 23.9 Å². The lowest BCUT2D eigenvalue weighted by Gasteiger charge is -2.70. The van der Waals surface area contributed by atoms with Gasteiger partial charge in [-0.05, 0) is 36.5 Å². The third kappa shape index (κ3) is 2.74. The predicted molar refractivity (Wildman–Crippen MR) is 107 cm³/mol. The quantitative estimate of drug-likeness (QED) is 0.811. The molecule has 5 rings (SSSR count). The molecule has 3 aliphatic rings. The Morgan fingerprint density at radius 1 is 0.964 bits per heavy atom. The molecular weight excluding hydrogens is 372 g/mol. The van der Waals surface area contributed by atoms with Gasteiger partial charge in [0.25, 0.3) is 0 Å². The number of aliphatic hydroxyl groups is 1. The van der Waals surface area contributed by atoms with E-state index in [1.165, 1.54) is 18.4 Å². The van der Waals surface area contributed by atoms with Gasteiger partial charge >= 0.3 is 0 Å². The van der Waals surface area contributed by atoms with Crippen molar-refractivity contribution < 1.29 is 13.5 Å². The lowest BCUT2D eigenvalue weighted by molar-refractivity contribution is -0.172. The minimum absolute atomic E-state index is 0.0737. The van der Waals surface area contributed by atoms with E-state index in [1.807, 2.05) is 24.3 Å². The molecule has 1 N–H and O–H groups in total. The molecule has 148 valence electrons. The Balaban J connectivity index is 1.44. The highest BCUT2D eigenvalue weighted by Gasteiger charge is 2.67. The summed E-state index contributed by atoms with van der Waals surface area (Å²) in [5.41, 5.74) is 1.00. The zero-order valence-corrected chi connectivity index (χ0v) is 16.6. The first-order chi connectivity index (χ1) is 13.6. The highest BCUT2D eigenvalue weighted by atomic mass is 32.2. The van der Waals surface area contributed by atoms with Crippen molar-refractivity contribution in [1.82, 2.24) is 9.21 Å². The molecule has 2 aliphatic heterocycles. The Morgan fingerprint density at radius 3 is 2.14 bits per heavy atom. The van der Waals surface area contributed by atoms with Gasteiger partial charge < -0.3 is 5.11 Å². The van der Waals surface area contributed by atoms with Crippen LogP contribution in [0.5, 0.6) is 0 Å². The zero-order chi connectivity index (χ0) is 19.4. The van der Waals surface area contributed by atoms with E-state index in [-0.39, 0.29) is 24.1 Å². The molecule has 2 aromatic rings. The third-order valence-corrected chi connectivity index (χ3v) is 8.52. The fourth-order valence-electron chi connectivity index (χ4n) is 5.11. The lowest BCUT2D eigenvalue weighted by Crippen LogP contribution is -2.85. The van der Waals surface area contributed by atoms with Crippen LogP contribution in [0.25, 0.3) is 0 Å². The summed E-state index contributed by atoms with van der Waals surface area (Å²) in [7, 11) is -3.47. The standard InChI is InChI=1S/C22H26N2O3S/c25-14-20-21(18-7-3-1-4-8-18)22(24(20)13-17-11-12-17)15-23(16-22)28(26,27)19-9-5-2-6-10-19/h1-10,17,20-21,25H,11-16H2/t20-,21+/m1/s1. The predicted octanol–water partition coefficient (Wildman–Crippen LogP) is 2.30. The molecule has 2 aromatic carbocycles. The number of sulfonamides is 1. The fraction of sp³-hybridized carbons (Fsp3) is 0.455. The first-order valence-corrected chi connectivity index (χ1v) is 11.5. The second-order valence-corrected chi connectivity index (χ2v) is 10.4. The van der Waals surface area contributed by atoms with Crippen LogP contribution in [-0.2, 0) is 10.0 Å². The summed E-state index contributed by atoms with van der Waals surface area (Å²) < 4.78 is 27.7. The third-order valence-electron chi connectivity index (χ3n) is 6.71. The molecule has 0 amide bonds. The first kappa shape index (κ1) is 18.3. The van der Waals surface area contributed by atoms with Crippen LogP contribution in [-0.4, -0.2) is 60.6 Å². The van der Waals surface area contributed by atoms with Gasteiger partial charge in [-0.3, -0.25) is 4.90 Å². The molecule has 2 saturated heterocycles. The van der Waals surface area contributed by atoms with Crippen LogP contribution in [0.15, 0.2) is 65.6 Å². The van der Waals surface area contributed by atoms with Crippen LogP contribution in [0.2, 0.25) is 0 Å². The number of hydrogen-bond donors (Lipinski definition) is 1. The topological polar surface area (TPSA) is 60.9 Å². The van der Waals surface area contributed by atoms with Crippen molar-refractivity contribution in [3.8, 4) is 0 Å². The normalized spacial score (nSPS) is 27.3. The van der Waals surface area contributed by atoms with Gasteiger partial charge in [-0.2, -0.15) is 4.31 Å². The molecule has 0 bridgehead atoms. The van der Waals surface area contributed by atoms with E-state index in [2.05, 4.69) is 17.0 Å². The SMILES string of the molecule is O=S(=O)(c1ccccc1)N1CC2(C1)[C@@H](c1ccccc1)[C@@H](CO)N2CC1CC1. The molecule has 0 unspecified atom stereocenters. The summed E-state index contributed by atoms with van der Waals surface area (Å²) in [6, 6.07) is 19.0. The maximum absolute atomic E-state index is 13.0. The number of rotatable bonds is 6. The summed E-state index contributed by atoms with van der Waals surface area (Å²) in [5.74, 6) is 0.863. The number of aliphatic hydroxyl groups excluding tert-OH is 1. The van der Waals surface area contributed by atoms with Gasteiger partial charge in [0.15, 0.2) is 0 Å². The van der Waals surface area contributed by atoms with E-state index in [0.717, 1.165) is 6.54 Å². The fourth-order valence-corrected chi connectivity index (χ4v) is 6.70. The van der Waals surface area contributed by atoms with Gasteiger partial charge in [0.05, 0.1) is 17.0 Å². The highest BCUT2D eigenvalue weighted by molar-refractivity contribution is 7.89. The lowest BCUT2D eigenvalue weighted by atomic mass is 9.61. The first-order valence-electron chi connectivity index (χ1n) is 10.0. The summed E-state index contributed by atoms with van der Waals surface area (Å²) >= 11 is 0.